The second-order valence-electron chi connectivity index (χ2n) is 19.2. The Labute approximate surface area is 451 Å². The van der Waals surface area contributed by atoms with E-state index in [1.54, 1.807) is 39.7 Å². The van der Waals surface area contributed by atoms with Crippen molar-refractivity contribution >= 4 is 72.5 Å². The predicted molar refractivity (Wildman–Crippen MR) is 310 cm³/mol. The van der Waals surface area contributed by atoms with Gasteiger partial charge in [0.2, 0.25) is 11.8 Å². The molecular weight excluding hydrogens is 1110 g/mol. The van der Waals surface area contributed by atoms with Crippen LogP contribution < -0.4 is 14.3 Å². The minimum atomic E-state index is -2.13. The van der Waals surface area contributed by atoms with Gasteiger partial charge in [0.15, 0.2) is 0 Å². The van der Waals surface area contributed by atoms with E-state index < -0.39 is 18.4 Å². The van der Waals surface area contributed by atoms with Crippen molar-refractivity contribution in [3.05, 3.63) is 124 Å². The number of carbonyl (C=O) groups excluding carboxylic acids is 2. The zero-order valence-corrected chi connectivity index (χ0v) is 49.8. The van der Waals surface area contributed by atoms with Crippen LogP contribution in [-0.4, -0.2) is 128 Å². The van der Waals surface area contributed by atoms with E-state index in [0.29, 0.717) is 25.9 Å². The summed E-state index contributed by atoms with van der Waals surface area (Å²) in [7, 11) is 4.33. The number of nitrogens with zero attached hydrogens (tertiary/aromatic N) is 4. The summed E-state index contributed by atoms with van der Waals surface area (Å²) in [5, 5.41) is 6.06. The fourth-order valence-corrected chi connectivity index (χ4v) is 28.8. The molecule has 2 fully saturated rings. The Hall–Kier alpha value is -3.54. The molecule has 0 atom stereocenters. The molecule has 0 unspecified atom stereocenters. The van der Waals surface area contributed by atoms with Crippen molar-refractivity contribution in [1.29, 1.82) is 0 Å². The molecule has 2 N–H and O–H groups in total. The van der Waals surface area contributed by atoms with Gasteiger partial charge in [-0.1, -0.05) is 46.3 Å². The Morgan fingerprint density at radius 1 is 0.583 bits per heavy atom. The number of ether oxygens (including phenoxy) is 2. The fourth-order valence-electron chi connectivity index (χ4n) is 9.61. The molecule has 6 aromatic rings. The third-order valence-electron chi connectivity index (χ3n) is 13.7. The van der Waals surface area contributed by atoms with Crippen molar-refractivity contribution in [3.8, 4) is 32.1 Å². The zero-order chi connectivity index (χ0) is 51.0. The average Bonchev–Trinajstić information content (AvgIpc) is 4.25. The molecule has 0 spiro atoms. The monoisotopic (exact) mass is 1190 g/mol. The second kappa shape index (κ2) is 31.4. The van der Waals surface area contributed by atoms with Gasteiger partial charge >= 0.3 is 125 Å². The Kier molecular flexibility index (Phi) is 25.2. The molecule has 0 bridgehead atoms. The van der Waals surface area contributed by atoms with Crippen LogP contribution in [0.4, 0.5) is 0 Å². The number of aromatic nitrogens is 2. The van der Waals surface area contributed by atoms with Crippen LogP contribution >= 0.6 is 38.6 Å². The van der Waals surface area contributed by atoms with Crippen LogP contribution in [0.15, 0.2) is 114 Å². The molecule has 2 aromatic carbocycles. The summed E-state index contributed by atoms with van der Waals surface area (Å²) >= 11 is 4.73. The largest absolute Gasteiger partial charge is 0.379 e. The number of nitrogens with one attached hydrogen (secondary N) is 2. The third kappa shape index (κ3) is 18.7. The molecule has 14 heteroatoms. The minimum absolute atomic E-state index is 0.0872. The number of unbranched alkanes of at least 4 members (excludes halogenated alkanes) is 3. The molecule has 2 aliphatic rings. The van der Waals surface area contributed by atoms with Crippen LogP contribution in [0.1, 0.15) is 69.1 Å². The fraction of sp³-hybridized carbons (Fsp3) is 0.483. The van der Waals surface area contributed by atoms with Gasteiger partial charge < -0.3 is 24.7 Å². The summed E-state index contributed by atoms with van der Waals surface area (Å²) < 4.78 is 22.8. The molecule has 10 nitrogen and oxygen atoms in total. The molecular formula is C58H81BrN6O4S2Sn. The van der Waals surface area contributed by atoms with Crippen molar-refractivity contribution in [2.45, 2.75) is 85.4 Å². The number of halogens is 1. The first-order valence-electron chi connectivity index (χ1n) is 26.5. The van der Waals surface area contributed by atoms with Crippen molar-refractivity contribution in [1.82, 2.24) is 29.6 Å². The van der Waals surface area contributed by atoms with Crippen molar-refractivity contribution in [2.75, 3.05) is 78.8 Å². The summed E-state index contributed by atoms with van der Waals surface area (Å²) in [5.74, 6) is 0.176. The number of rotatable bonds is 23. The number of hydrogen-bond donors (Lipinski definition) is 2. The van der Waals surface area contributed by atoms with Crippen LogP contribution in [0.2, 0.25) is 13.3 Å². The first-order chi connectivity index (χ1) is 35.1. The van der Waals surface area contributed by atoms with Crippen LogP contribution in [-0.2, 0) is 46.0 Å². The Bertz CT molecular complexity index is 2480. The van der Waals surface area contributed by atoms with Crippen LogP contribution in [0.3, 0.4) is 0 Å². The van der Waals surface area contributed by atoms with Gasteiger partial charge in [-0.3, -0.25) is 19.4 Å². The van der Waals surface area contributed by atoms with E-state index in [1.807, 2.05) is 18.2 Å². The van der Waals surface area contributed by atoms with Gasteiger partial charge in [-0.15, -0.1) is 22.7 Å². The smallest absolute Gasteiger partial charge is 0.225 e. The standard InChI is InChI=1S/C23H27N3O2S.C18H21BrN2O2S.C5H6N.3C4H9.Sn/c1-25-10-3-6-21(25)18-4-2-5-19(16-18)22-8-7-20(29-22)17-23(27)24-9-11-26-12-14-28-15-13-26;19-15-3-1-2-14(12-15)17-5-4-16(24-17)13-18(22)20-6-7-21-8-10-23-11-9-21;1-6-4-2-3-5-6;3*1-3-4-2;/h2-8,10,16H,9,11-15,17H2,1H3,(H,24,27);1-5,12H,6-11,13H2,(H,20,22);2-4H,1H3;3*1,3-4H2,2H3;. The van der Waals surface area contributed by atoms with Crippen molar-refractivity contribution in [3.63, 3.8) is 0 Å². The van der Waals surface area contributed by atoms with Gasteiger partial charge in [-0.05, 0) is 71.3 Å². The average molecular weight is 1190 g/mol. The molecule has 2 aliphatic heterocycles. The molecule has 2 amide bonds. The SMILES string of the molecule is CCC[CH2][Sn]([CH2]CCC)([CH2]CCC)[c]1cccn1C.Cn1cccc1-c1cccc(-c2ccc(CC(=O)NCCN3CCOCC3)s2)c1.O=C(Cc1ccc(-c2cccc(Br)c2)s1)NCCN1CCOCC1. The maximum absolute atomic E-state index is 12.3. The van der Waals surface area contributed by atoms with Crippen LogP contribution in [0.25, 0.3) is 32.1 Å². The Balaban J connectivity index is 0.000000181. The number of hydrogen-bond acceptors (Lipinski definition) is 8. The molecule has 4 aromatic heterocycles. The number of amides is 2. The maximum atomic E-state index is 12.3. The van der Waals surface area contributed by atoms with E-state index in [4.69, 9.17) is 9.47 Å². The van der Waals surface area contributed by atoms with Crippen molar-refractivity contribution < 1.29 is 19.1 Å². The molecule has 0 aliphatic carbocycles. The molecule has 72 heavy (non-hydrogen) atoms. The van der Waals surface area contributed by atoms with Gasteiger partial charge in [0.25, 0.3) is 0 Å². The number of thiophene rings is 2. The van der Waals surface area contributed by atoms with E-state index in [2.05, 4.69) is 172 Å². The van der Waals surface area contributed by atoms with E-state index in [-0.39, 0.29) is 11.8 Å². The first-order valence-corrected chi connectivity index (χ1v) is 36.4. The topological polar surface area (TPSA) is 93.0 Å². The summed E-state index contributed by atoms with van der Waals surface area (Å²) in [6.45, 7) is 17.2. The molecule has 0 saturated carbocycles. The zero-order valence-electron chi connectivity index (χ0n) is 43.8. The van der Waals surface area contributed by atoms with E-state index in [9.17, 15) is 9.59 Å². The third-order valence-corrected chi connectivity index (χ3v) is 32.3. The quantitative estimate of drug-likeness (QED) is 0.0621. The number of morpholine rings is 2. The summed E-state index contributed by atoms with van der Waals surface area (Å²) in [6.07, 6.45) is 13.7. The molecule has 6 heterocycles. The summed E-state index contributed by atoms with van der Waals surface area (Å²) in [6, 6.07) is 34.0. The molecule has 390 valence electrons. The van der Waals surface area contributed by atoms with Crippen LogP contribution in [0, 0.1) is 0 Å². The van der Waals surface area contributed by atoms with E-state index in [1.165, 1.54) is 70.7 Å². The second-order valence-corrected chi connectivity index (χ2v) is 35.5. The first kappa shape index (κ1) is 57.7. The Morgan fingerprint density at radius 2 is 1.06 bits per heavy atom. The molecule has 2 saturated heterocycles. The number of aryl methyl sites for hydroxylation is 2. The van der Waals surface area contributed by atoms with Crippen LogP contribution in [0.5, 0.6) is 0 Å². The minimum Gasteiger partial charge on any atom is -0.379 e. The predicted octanol–water partition coefficient (Wildman–Crippen LogP) is 11.7. The number of carbonyl (C=O) groups is 2. The van der Waals surface area contributed by atoms with Gasteiger partial charge in [-0.2, -0.15) is 0 Å². The van der Waals surface area contributed by atoms with Gasteiger partial charge in [0.1, 0.15) is 0 Å². The Morgan fingerprint density at radius 3 is 1.51 bits per heavy atom. The van der Waals surface area contributed by atoms with Gasteiger partial charge in [0, 0.05) is 95.3 Å². The van der Waals surface area contributed by atoms with Crippen molar-refractivity contribution in [2.24, 2.45) is 14.1 Å². The van der Waals surface area contributed by atoms with Gasteiger partial charge in [-0.25, -0.2) is 0 Å². The summed E-state index contributed by atoms with van der Waals surface area (Å²) in [5.41, 5.74) is 4.76. The van der Waals surface area contributed by atoms with E-state index >= 15 is 0 Å². The maximum Gasteiger partial charge on any atom is 0.225 e. The van der Waals surface area contributed by atoms with Gasteiger partial charge in [0.05, 0.1) is 39.3 Å². The van der Waals surface area contributed by atoms with E-state index in [0.717, 1.165) is 79.9 Å². The molecule has 8 rings (SSSR count). The number of benzene rings is 2. The summed E-state index contributed by atoms with van der Waals surface area (Å²) in [4.78, 5) is 33.6. The molecule has 0 radical (unpaired) electrons. The normalized spacial score (nSPS) is 14.2.